The first-order chi connectivity index (χ1) is 12.2. The molecule has 0 unspecified atom stereocenters. The van der Waals surface area contributed by atoms with Gasteiger partial charge in [-0.25, -0.2) is 19.2 Å². The Labute approximate surface area is 145 Å². The average molecular weight is 336 g/mol. The Kier molecular flexibility index (Phi) is 5.14. The van der Waals surface area contributed by atoms with Crippen LogP contribution in [0.2, 0.25) is 0 Å². The molecule has 4 nitrogen and oxygen atoms in total. The lowest BCUT2D eigenvalue weighted by Crippen LogP contribution is -2.09. The second-order valence-corrected chi connectivity index (χ2v) is 5.59. The first kappa shape index (κ1) is 16.8. The average Bonchev–Trinajstić information content (AvgIpc) is 2.65. The highest BCUT2D eigenvalue weighted by molar-refractivity contribution is 5.90. The second-order valence-electron chi connectivity index (χ2n) is 5.59. The van der Waals surface area contributed by atoms with E-state index in [0.717, 1.165) is 18.4 Å². The van der Waals surface area contributed by atoms with Gasteiger partial charge in [0.2, 0.25) is 0 Å². The van der Waals surface area contributed by atoms with Gasteiger partial charge in [0.1, 0.15) is 11.6 Å². The number of carbonyl (C=O) groups excluding carboxylic acids is 1. The molecule has 1 aromatic heterocycles. The Morgan fingerprint density at radius 3 is 2.24 bits per heavy atom. The van der Waals surface area contributed by atoms with Gasteiger partial charge in [0.05, 0.1) is 5.56 Å². The van der Waals surface area contributed by atoms with Crippen molar-refractivity contribution in [2.75, 3.05) is 0 Å². The van der Waals surface area contributed by atoms with Crippen molar-refractivity contribution in [2.45, 2.75) is 19.8 Å². The van der Waals surface area contributed by atoms with Crippen molar-refractivity contribution in [3.8, 4) is 17.1 Å². The van der Waals surface area contributed by atoms with Crippen LogP contribution in [0.5, 0.6) is 5.75 Å². The fraction of sp³-hybridized carbons (Fsp3) is 0.150. The van der Waals surface area contributed by atoms with E-state index in [-0.39, 0.29) is 11.3 Å². The number of rotatable bonds is 5. The minimum absolute atomic E-state index is 0.232. The van der Waals surface area contributed by atoms with E-state index in [2.05, 4.69) is 29.0 Å². The molecule has 0 bridgehead atoms. The molecule has 0 aliphatic carbocycles. The molecule has 126 valence electrons. The zero-order valence-corrected chi connectivity index (χ0v) is 13.8. The molecule has 0 aliphatic heterocycles. The van der Waals surface area contributed by atoms with Crippen molar-refractivity contribution < 1.29 is 13.9 Å². The number of hydrogen-bond donors (Lipinski definition) is 0. The molecule has 0 spiro atoms. The van der Waals surface area contributed by atoms with Gasteiger partial charge in [-0.15, -0.1) is 0 Å². The van der Waals surface area contributed by atoms with Crippen molar-refractivity contribution in [1.29, 1.82) is 0 Å². The van der Waals surface area contributed by atoms with Crippen LogP contribution in [0.15, 0.2) is 60.9 Å². The standard InChI is InChI=1S/C20H17FN2O2/c1-2-3-14-4-6-15(7-5-14)19-22-12-16(13-23-19)20(24)25-18-10-8-17(21)9-11-18/h4-13H,2-3H2,1H3. The van der Waals surface area contributed by atoms with Crippen molar-refractivity contribution in [3.05, 3.63) is 77.9 Å². The van der Waals surface area contributed by atoms with Gasteiger partial charge in [0, 0.05) is 18.0 Å². The topological polar surface area (TPSA) is 52.1 Å². The summed E-state index contributed by atoms with van der Waals surface area (Å²) >= 11 is 0. The number of nitrogens with zero attached hydrogens (tertiary/aromatic N) is 2. The van der Waals surface area contributed by atoms with Crippen molar-refractivity contribution in [2.24, 2.45) is 0 Å². The highest BCUT2D eigenvalue weighted by atomic mass is 19.1. The number of carbonyl (C=O) groups is 1. The summed E-state index contributed by atoms with van der Waals surface area (Å²) < 4.78 is 18.0. The van der Waals surface area contributed by atoms with Crippen LogP contribution in [0, 0.1) is 5.82 Å². The lowest BCUT2D eigenvalue weighted by Gasteiger charge is -2.05. The summed E-state index contributed by atoms with van der Waals surface area (Å²) in [5.41, 5.74) is 2.39. The van der Waals surface area contributed by atoms with E-state index in [1.54, 1.807) is 0 Å². The molecule has 2 aromatic carbocycles. The summed E-state index contributed by atoms with van der Waals surface area (Å²) in [6.07, 6.45) is 4.98. The van der Waals surface area contributed by atoms with Crippen LogP contribution in [-0.4, -0.2) is 15.9 Å². The minimum Gasteiger partial charge on any atom is -0.423 e. The summed E-state index contributed by atoms with van der Waals surface area (Å²) in [5.74, 6) is -0.169. The van der Waals surface area contributed by atoms with E-state index in [1.807, 2.05) is 12.1 Å². The van der Waals surface area contributed by atoms with E-state index in [1.165, 1.54) is 42.2 Å². The van der Waals surface area contributed by atoms with E-state index in [4.69, 9.17) is 4.74 Å². The summed E-state index contributed by atoms with van der Waals surface area (Å²) in [6.45, 7) is 2.14. The van der Waals surface area contributed by atoms with Gasteiger partial charge in [-0.1, -0.05) is 37.6 Å². The maximum Gasteiger partial charge on any atom is 0.346 e. The van der Waals surface area contributed by atoms with Crippen molar-refractivity contribution in [1.82, 2.24) is 9.97 Å². The molecule has 0 atom stereocenters. The van der Waals surface area contributed by atoms with Crippen LogP contribution in [0.25, 0.3) is 11.4 Å². The van der Waals surface area contributed by atoms with Gasteiger partial charge in [-0.2, -0.15) is 0 Å². The Morgan fingerprint density at radius 2 is 1.64 bits per heavy atom. The Bertz CT molecular complexity index is 844. The quantitative estimate of drug-likeness (QED) is 0.510. The molecule has 5 heteroatoms. The van der Waals surface area contributed by atoms with Crippen LogP contribution in [0.3, 0.4) is 0 Å². The molecule has 25 heavy (non-hydrogen) atoms. The number of benzene rings is 2. The molecule has 0 amide bonds. The lowest BCUT2D eigenvalue weighted by molar-refractivity contribution is 0.0733. The maximum atomic E-state index is 12.9. The second kappa shape index (κ2) is 7.66. The van der Waals surface area contributed by atoms with E-state index < -0.39 is 11.8 Å². The van der Waals surface area contributed by atoms with Gasteiger partial charge in [-0.3, -0.25) is 0 Å². The van der Waals surface area contributed by atoms with E-state index in [0.29, 0.717) is 5.82 Å². The predicted molar refractivity (Wildman–Crippen MR) is 92.8 cm³/mol. The number of aromatic nitrogens is 2. The molecule has 0 saturated heterocycles. The van der Waals surface area contributed by atoms with Crippen LogP contribution < -0.4 is 4.74 Å². The van der Waals surface area contributed by atoms with Crippen molar-refractivity contribution >= 4 is 5.97 Å². The first-order valence-electron chi connectivity index (χ1n) is 8.05. The molecule has 3 aromatic rings. The zero-order chi connectivity index (χ0) is 17.6. The Hall–Kier alpha value is -3.08. The number of halogens is 1. The van der Waals surface area contributed by atoms with Crippen LogP contribution >= 0.6 is 0 Å². The molecule has 0 radical (unpaired) electrons. The first-order valence-corrected chi connectivity index (χ1v) is 8.05. The third kappa shape index (κ3) is 4.26. The smallest absolute Gasteiger partial charge is 0.346 e. The third-order valence-corrected chi connectivity index (χ3v) is 3.66. The van der Waals surface area contributed by atoms with Gasteiger partial charge in [0.15, 0.2) is 5.82 Å². The normalized spacial score (nSPS) is 10.5. The summed E-state index contributed by atoms with van der Waals surface area (Å²) in [5, 5.41) is 0. The summed E-state index contributed by atoms with van der Waals surface area (Å²) in [4.78, 5) is 20.5. The minimum atomic E-state index is -0.587. The van der Waals surface area contributed by atoms with Crippen molar-refractivity contribution in [3.63, 3.8) is 0 Å². The van der Waals surface area contributed by atoms with Crippen LogP contribution in [0.4, 0.5) is 4.39 Å². The molecule has 0 N–H and O–H groups in total. The molecular formula is C20H17FN2O2. The molecule has 0 fully saturated rings. The van der Waals surface area contributed by atoms with Crippen LogP contribution in [0.1, 0.15) is 29.3 Å². The van der Waals surface area contributed by atoms with Gasteiger partial charge >= 0.3 is 5.97 Å². The van der Waals surface area contributed by atoms with Gasteiger partial charge < -0.3 is 4.74 Å². The van der Waals surface area contributed by atoms with Crippen LogP contribution in [-0.2, 0) is 6.42 Å². The highest BCUT2D eigenvalue weighted by Crippen LogP contribution is 2.17. The van der Waals surface area contributed by atoms with E-state index >= 15 is 0 Å². The highest BCUT2D eigenvalue weighted by Gasteiger charge is 2.11. The Morgan fingerprint density at radius 1 is 1.00 bits per heavy atom. The molecular weight excluding hydrogens is 319 g/mol. The monoisotopic (exact) mass is 336 g/mol. The third-order valence-electron chi connectivity index (χ3n) is 3.66. The number of hydrogen-bond acceptors (Lipinski definition) is 4. The molecule has 1 heterocycles. The number of ether oxygens (including phenoxy) is 1. The largest absolute Gasteiger partial charge is 0.423 e. The maximum absolute atomic E-state index is 12.9. The molecule has 0 aliphatic rings. The SMILES string of the molecule is CCCc1ccc(-c2ncc(C(=O)Oc3ccc(F)cc3)cn2)cc1. The summed E-state index contributed by atoms with van der Waals surface area (Å²) in [7, 11) is 0. The summed E-state index contributed by atoms with van der Waals surface area (Å²) in [6, 6.07) is 13.3. The lowest BCUT2D eigenvalue weighted by atomic mass is 10.1. The fourth-order valence-corrected chi connectivity index (χ4v) is 2.36. The zero-order valence-electron chi connectivity index (χ0n) is 13.8. The number of esters is 1. The predicted octanol–water partition coefficient (Wildman–Crippen LogP) is 4.45. The van der Waals surface area contributed by atoms with Gasteiger partial charge in [0.25, 0.3) is 0 Å². The number of aryl methyl sites for hydroxylation is 1. The Balaban J connectivity index is 1.70. The van der Waals surface area contributed by atoms with Gasteiger partial charge in [-0.05, 0) is 36.2 Å². The van der Waals surface area contributed by atoms with E-state index in [9.17, 15) is 9.18 Å². The fourth-order valence-electron chi connectivity index (χ4n) is 2.36. The molecule has 0 saturated carbocycles. The molecule has 3 rings (SSSR count).